The van der Waals surface area contributed by atoms with Crippen LogP contribution in [0.3, 0.4) is 0 Å². The van der Waals surface area contributed by atoms with E-state index >= 15 is 0 Å². The van der Waals surface area contributed by atoms with E-state index in [4.69, 9.17) is 10.8 Å². The summed E-state index contributed by atoms with van der Waals surface area (Å²) in [6.07, 6.45) is 3.36. The minimum Gasteiger partial charge on any atom is -0.399 e. The van der Waals surface area contributed by atoms with E-state index in [0.29, 0.717) is 18.0 Å². The second-order valence-electron chi connectivity index (χ2n) is 5.28. The summed E-state index contributed by atoms with van der Waals surface area (Å²) in [5.74, 6) is 0.608. The SMILES string of the molecule is Nc1cccc(CC(=O)N2CCCC(CCO)C2)c1. The summed E-state index contributed by atoms with van der Waals surface area (Å²) in [7, 11) is 0. The van der Waals surface area contributed by atoms with Gasteiger partial charge in [-0.15, -0.1) is 0 Å². The van der Waals surface area contributed by atoms with E-state index in [9.17, 15) is 4.79 Å². The number of carbonyl (C=O) groups excluding carboxylic acids is 1. The molecule has 1 aliphatic rings. The minimum atomic E-state index is 0.160. The molecule has 19 heavy (non-hydrogen) atoms. The Balaban J connectivity index is 1.92. The number of likely N-dealkylation sites (tertiary alicyclic amines) is 1. The molecule has 3 N–H and O–H groups in total. The number of amides is 1. The van der Waals surface area contributed by atoms with Crippen LogP contribution in [0, 0.1) is 5.92 Å². The van der Waals surface area contributed by atoms with Crippen LogP contribution in [0.4, 0.5) is 5.69 Å². The Bertz CT molecular complexity index is 432. The lowest BCUT2D eigenvalue weighted by molar-refractivity contribution is -0.132. The average Bonchev–Trinajstić information content (AvgIpc) is 2.39. The molecular weight excluding hydrogens is 240 g/mol. The van der Waals surface area contributed by atoms with Crippen molar-refractivity contribution in [1.82, 2.24) is 4.90 Å². The van der Waals surface area contributed by atoms with E-state index in [1.54, 1.807) is 0 Å². The molecule has 1 unspecified atom stereocenters. The number of aliphatic hydroxyl groups excluding tert-OH is 1. The van der Waals surface area contributed by atoms with Crippen LogP contribution < -0.4 is 5.73 Å². The highest BCUT2D eigenvalue weighted by atomic mass is 16.3. The number of benzene rings is 1. The van der Waals surface area contributed by atoms with E-state index in [-0.39, 0.29) is 12.5 Å². The lowest BCUT2D eigenvalue weighted by atomic mass is 9.94. The third kappa shape index (κ3) is 3.96. The van der Waals surface area contributed by atoms with Crippen molar-refractivity contribution < 1.29 is 9.90 Å². The molecule has 0 bridgehead atoms. The number of nitrogens with two attached hydrogens (primary N) is 1. The first-order valence-electron chi connectivity index (χ1n) is 6.92. The third-order valence-corrected chi connectivity index (χ3v) is 3.72. The predicted octanol–water partition coefficient (Wildman–Crippen LogP) is 1.43. The average molecular weight is 262 g/mol. The molecule has 2 rings (SSSR count). The smallest absolute Gasteiger partial charge is 0.226 e. The second-order valence-corrected chi connectivity index (χ2v) is 5.28. The van der Waals surface area contributed by atoms with Crippen LogP contribution in [0.5, 0.6) is 0 Å². The maximum Gasteiger partial charge on any atom is 0.226 e. The Hall–Kier alpha value is -1.55. The molecule has 4 heteroatoms. The summed E-state index contributed by atoms with van der Waals surface area (Å²) in [6, 6.07) is 7.49. The van der Waals surface area contributed by atoms with Crippen LogP contribution in [0.15, 0.2) is 24.3 Å². The van der Waals surface area contributed by atoms with Crippen molar-refractivity contribution in [2.75, 3.05) is 25.4 Å². The highest BCUT2D eigenvalue weighted by molar-refractivity contribution is 5.79. The van der Waals surface area contributed by atoms with Crippen molar-refractivity contribution in [3.63, 3.8) is 0 Å². The summed E-state index contributed by atoms with van der Waals surface area (Å²) in [5, 5.41) is 8.99. The fraction of sp³-hybridized carbons (Fsp3) is 0.533. The zero-order valence-electron chi connectivity index (χ0n) is 11.2. The third-order valence-electron chi connectivity index (χ3n) is 3.72. The number of nitrogens with zero attached hydrogens (tertiary/aromatic N) is 1. The van der Waals surface area contributed by atoms with Gasteiger partial charge in [0.15, 0.2) is 0 Å². The quantitative estimate of drug-likeness (QED) is 0.807. The molecule has 0 saturated carbocycles. The number of carbonyl (C=O) groups is 1. The van der Waals surface area contributed by atoms with Crippen LogP contribution in [-0.2, 0) is 11.2 Å². The Morgan fingerprint density at radius 2 is 2.32 bits per heavy atom. The summed E-state index contributed by atoms with van der Waals surface area (Å²) < 4.78 is 0. The molecule has 1 atom stereocenters. The van der Waals surface area contributed by atoms with Gasteiger partial charge < -0.3 is 15.7 Å². The molecule has 1 aromatic carbocycles. The van der Waals surface area contributed by atoms with Gasteiger partial charge in [0.1, 0.15) is 0 Å². The number of rotatable bonds is 4. The van der Waals surface area contributed by atoms with Crippen molar-refractivity contribution in [1.29, 1.82) is 0 Å². The normalized spacial score (nSPS) is 19.4. The van der Waals surface area contributed by atoms with E-state index < -0.39 is 0 Å². The van der Waals surface area contributed by atoms with Crippen molar-refractivity contribution >= 4 is 11.6 Å². The first-order chi connectivity index (χ1) is 9.19. The maximum absolute atomic E-state index is 12.3. The second kappa shape index (κ2) is 6.57. The molecule has 1 fully saturated rings. The van der Waals surface area contributed by atoms with Crippen molar-refractivity contribution in [3.8, 4) is 0 Å². The lowest BCUT2D eigenvalue weighted by Gasteiger charge is -2.32. The highest BCUT2D eigenvalue weighted by Gasteiger charge is 2.23. The van der Waals surface area contributed by atoms with Gasteiger partial charge in [0.25, 0.3) is 0 Å². The number of nitrogen functional groups attached to an aromatic ring is 1. The topological polar surface area (TPSA) is 66.6 Å². The van der Waals surface area contributed by atoms with Crippen molar-refractivity contribution in [3.05, 3.63) is 29.8 Å². The Kier molecular flexibility index (Phi) is 4.80. The lowest BCUT2D eigenvalue weighted by Crippen LogP contribution is -2.40. The molecule has 0 aromatic heterocycles. The van der Waals surface area contributed by atoms with Gasteiger partial charge >= 0.3 is 0 Å². The molecular formula is C15H22N2O2. The maximum atomic E-state index is 12.3. The monoisotopic (exact) mass is 262 g/mol. The van der Waals surface area contributed by atoms with Crippen LogP contribution in [0.25, 0.3) is 0 Å². The molecule has 0 aliphatic carbocycles. The fourth-order valence-corrected chi connectivity index (χ4v) is 2.70. The fourth-order valence-electron chi connectivity index (χ4n) is 2.70. The molecule has 1 aromatic rings. The van der Waals surface area contributed by atoms with Crippen LogP contribution in [0.2, 0.25) is 0 Å². The van der Waals surface area contributed by atoms with E-state index in [2.05, 4.69) is 0 Å². The molecule has 1 saturated heterocycles. The van der Waals surface area contributed by atoms with Crippen molar-refractivity contribution in [2.24, 2.45) is 5.92 Å². The standard InChI is InChI=1S/C15H22N2O2/c16-14-5-1-3-13(9-14)10-15(19)17-7-2-4-12(11-17)6-8-18/h1,3,5,9,12,18H,2,4,6-8,10-11,16H2. The Morgan fingerprint density at radius 3 is 3.05 bits per heavy atom. The predicted molar refractivity (Wildman–Crippen MR) is 75.6 cm³/mol. The Morgan fingerprint density at radius 1 is 1.47 bits per heavy atom. The first kappa shape index (κ1) is 13.9. The largest absolute Gasteiger partial charge is 0.399 e. The molecule has 4 nitrogen and oxygen atoms in total. The van der Waals surface area contributed by atoms with E-state index in [1.807, 2.05) is 29.2 Å². The number of piperidine rings is 1. The first-order valence-corrected chi connectivity index (χ1v) is 6.92. The molecule has 1 amide bonds. The van der Waals surface area contributed by atoms with E-state index in [1.165, 1.54) is 0 Å². The van der Waals surface area contributed by atoms with Crippen LogP contribution >= 0.6 is 0 Å². The van der Waals surface area contributed by atoms with Gasteiger partial charge in [0.05, 0.1) is 6.42 Å². The summed E-state index contributed by atoms with van der Waals surface area (Å²) in [4.78, 5) is 14.2. The zero-order valence-corrected chi connectivity index (χ0v) is 11.2. The summed E-state index contributed by atoms with van der Waals surface area (Å²) >= 11 is 0. The van der Waals surface area contributed by atoms with Gasteiger partial charge in [-0.25, -0.2) is 0 Å². The molecule has 1 heterocycles. The van der Waals surface area contributed by atoms with Crippen LogP contribution in [0.1, 0.15) is 24.8 Å². The zero-order chi connectivity index (χ0) is 13.7. The number of anilines is 1. The Labute approximate surface area is 114 Å². The number of aliphatic hydroxyl groups is 1. The minimum absolute atomic E-state index is 0.160. The van der Waals surface area contributed by atoms with Gasteiger partial charge in [0.2, 0.25) is 5.91 Å². The molecule has 0 radical (unpaired) electrons. The number of hydrogen-bond donors (Lipinski definition) is 2. The van der Waals surface area contributed by atoms with Gasteiger partial charge in [0, 0.05) is 25.4 Å². The van der Waals surface area contributed by atoms with Gasteiger partial charge in [-0.1, -0.05) is 12.1 Å². The van der Waals surface area contributed by atoms with Gasteiger partial charge in [-0.3, -0.25) is 4.79 Å². The number of hydrogen-bond acceptors (Lipinski definition) is 3. The van der Waals surface area contributed by atoms with Crippen molar-refractivity contribution in [2.45, 2.75) is 25.7 Å². The summed E-state index contributed by atoms with van der Waals surface area (Å²) in [6.45, 7) is 1.83. The van der Waals surface area contributed by atoms with E-state index in [0.717, 1.165) is 37.9 Å². The molecule has 1 aliphatic heterocycles. The van der Waals surface area contributed by atoms with Crippen LogP contribution in [-0.4, -0.2) is 35.6 Å². The highest BCUT2D eigenvalue weighted by Crippen LogP contribution is 2.20. The summed E-state index contributed by atoms with van der Waals surface area (Å²) in [5.41, 5.74) is 7.39. The van der Waals surface area contributed by atoms with Gasteiger partial charge in [-0.05, 0) is 42.9 Å². The van der Waals surface area contributed by atoms with Gasteiger partial charge in [-0.2, -0.15) is 0 Å². The molecule has 104 valence electrons. The molecule has 0 spiro atoms.